The summed E-state index contributed by atoms with van der Waals surface area (Å²) in [6.07, 6.45) is 0.805. The monoisotopic (exact) mass is 438 g/mol. The van der Waals surface area contributed by atoms with Gasteiger partial charge in [0.2, 0.25) is 5.91 Å². The predicted octanol–water partition coefficient (Wildman–Crippen LogP) is 1.44. The van der Waals surface area contributed by atoms with Crippen molar-refractivity contribution in [2.24, 2.45) is 5.92 Å². The molecule has 0 saturated carbocycles. The van der Waals surface area contributed by atoms with Crippen molar-refractivity contribution in [3.63, 3.8) is 0 Å². The number of aromatic nitrogens is 1. The van der Waals surface area contributed by atoms with Crippen LogP contribution in [0.1, 0.15) is 30.0 Å². The molecule has 4 heterocycles. The average molecular weight is 438 g/mol. The number of likely N-dealkylation sites (tertiary alicyclic amines) is 1. The van der Waals surface area contributed by atoms with Gasteiger partial charge in [-0.25, -0.2) is 9.18 Å². The minimum Gasteiger partial charge on any atom is -0.342 e. The van der Waals surface area contributed by atoms with Gasteiger partial charge in [0.25, 0.3) is 11.5 Å². The van der Waals surface area contributed by atoms with Crippen molar-refractivity contribution < 1.29 is 18.8 Å². The molecule has 2 saturated heterocycles. The summed E-state index contributed by atoms with van der Waals surface area (Å²) in [6, 6.07) is 9.44. The fraction of sp³-hybridized carbons (Fsp3) is 0.391. The highest BCUT2D eigenvalue weighted by atomic mass is 19.1. The Morgan fingerprint density at radius 2 is 1.88 bits per heavy atom. The molecular formula is C23H23FN4O4. The van der Waals surface area contributed by atoms with Gasteiger partial charge < -0.3 is 14.8 Å². The van der Waals surface area contributed by atoms with E-state index < -0.39 is 23.8 Å². The van der Waals surface area contributed by atoms with E-state index in [1.807, 2.05) is 6.07 Å². The number of hydrogen-bond acceptors (Lipinski definition) is 4. The molecule has 2 fully saturated rings. The molecule has 2 aromatic rings. The summed E-state index contributed by atoms with van der Waals surface area (Å²) in [6.45, 7) is 1.54. The maximum Gasteiger partial charge on any atom is 0.325 e. The lowest BCUT2D eigenvalue weighted by molar-refractivity contribution is -0.137. The number of pyridine rings is 1. The van der Waals surface area contributed by atoms with Crippen LogP contribution in [0.3, 0.4) is 0 Å². The number of hydrogen-bond donors (Lipinski definition) is 1. The maximum atomic E-state index is 13.4. The van der Waals surface area contributed by atoms with Crippen molar-refractivity contribution in [2.75, 3.05) is 13.1 Å². The van der Waals surface area contributed by atoms with Crippen molar-refractivity contribution in [1.29, 1.82) is 0 Å². The highest BCUT2D eigenvalue weighted by Crippen LogP contribution is 2.35. The van der Waals surface area contributed by atoms with E-state index in [1.54, 1.807) is 27.7 Å². The number of fused-ring (bicyclic) bond motifs is 4. The number of carbonyl (C=O) groups is 3. The van der Waals surface area contributed by atoms with Crippen LogP contribution in [0.2, 0.25) is 0 Å². The SMILES string of the molecule is O=C(C[C@@H]1NC(=O)N(Cc2cccc(F)c2)C1=O)N1C[C@@H]2C[C@H](C1)c1cccc(=O)n1C2. The van der Waals surface area contributed by atoms with Gasteiger partial charge in [0.1, 0.15) is 11.9 Å². The Labute approximate surface area is 183 Å². The zero-order chi connectivity index (χ0) is 22.4. The number of amides is 4. The molecule has 3 aliphatic rings. The van der Waals surface area contributed by atoms with Gasteiger partial charge in [0.05, 0.1) is 13.0 Å². The first-order chi connectivity index (χ1) is 15.4. The van der Waals surface area contributed by atoms with E-state index in [4.69, 9.17) is 0 Å². The topological polar surface area (TPSA) is 91.7 Å². The predicted molar refractivity (Wildman–Crippen MR) is 112 cm³/mol. The first-order valence-corrected chi connectivity index (χ1v) is 10.7. The van der Waals surface area contributed by atoms with E-state index in [-0.39, 0.29) is 36.3 Å². The summed E-state index contributed by atoms with van der Waals surface area (Å²) in [5, 5.41) is 2.58. The lowest BCUT2D eigenvalue weighted by atomic mass is 9.83. The maximum absolute atomic E-state index is 13.4. The number of carbonyl (C=O) groups excluding carboxylic acids is 3. The fourth-order valence-electron chi connectivity index (χ4n) is 5.09. The number of benzene rings is 1. The molecule has 1 N–H and O–H groups in total. The van der Waals surface area contributed by atoms with E-state index >= 15 is 0 Å². The van der Waals surface area contributed by atoms with E-state index in [2.05, 4.69) is 5.32 Å². The molecule has 0 spiro atoms. The molecule has 9 heteroatoms. The largest absolute Gasteiger partial charge is 0.342 e. The molecule has 0 aliphatic carbocycles. The molecule has 1 aromatic carbocycles. The minimum atomic E-state index is -0.930. The standard InChI is InChI=1S/C23H23FN4O4/c24-17-4-1-3-14(8-17)11-28-22(31)18(25-23(28)32)9-21(30)26-10-15-7-16(13-26)19-5-2-6-20(29)27(19)12-15/h1-6,8,15-16,18H,7,9-13H2,(H,25,32)/t15-,16+,18-/m0/s1. The minimum absolute atomic E-state index is 0.0189. The Bertz CT molecular complexity index is 1160. The van der Waals surface area contributed by atoms with Gasteiger partial charge >= 0.3 is 6.03 Å². The first kappa shape index (κ1) is 20.4. The molecule has 3 aliphatic heterocycles. The van der Waals surface area contributed by atoms with Crippen LogP contribution < -0.4 is 10.9 Å². The molecule has 166 valence electrons. The van der Waals surface area contributed by atoms with Gasteiger partial charge in [-0.1, -0.05) is 18.2 Å². The van der Waals surface area contributed by atoms with Crippen molar-refractivity contribution in [3.8, 4) is 0 Å². The number of imide groups is 1. The second-order valence-corrected chi connectivity index (χ2v) is 8.76. The lowest BCUT2D eigenvalue weighted by Crippen LogP contribution is -2.50. The highest BCUT2D eigenvalue weighted by Gasteiger charge is 2.41. The summed E-state index contributed by atoms with van der Waals surface area (Å²) < 4.78 is 15.2. The molecule has 5 rings (SSSR count). The van der Waals surface area contributed by atoms with Gasteiger partial charge in [-0.3, -0.25) is 19.3 Å². The van der Waals surface area contributed by atoms with Gasteiger partial charge in [0.15, 0.2) is 0 Å². The van der Waals surface area contributed by atoms with E-state index in [1.165, 1.54) is 18.2 Å². The van der Waals surface area contributed by atoms with Crippen LogP contribution in [0.15, 0.2) is 47.3 Å². The van der Waals surface area contributed by atoms with Gasteiger partial charge in [-0.2, -0.15) is 0 Å². The molecule has 0 unspecified atom stereocenters. The fourth-order valence-corrected chi connectivity index (χ4v) is 5.09. The van der Waals surface area contributed by atoms with Crippen LogP contribution >= 0.6 is 0 Å². The van der Waals surface area contributed by atoms with Crippen LogP contribution in [0.25, 0.3) is 0 Å². The highest BCUT2D eigenvalue weighted by molar-refractivity contribution is 6.05. The molecule has 3 atom stereocenters. The summed E-state index contributed by atoms with van der Waals surface area (Å²) in [4.78, 5) is 53.0. The number of halogens is 1. The normalized spacial score (nSPS) is 24.3. The second-order valence-electron chi connectivity index (χ2n) is 8.76. The summed E-state index contributed by atoms with van der Waals surface area (Å²) in [5.41, 5.74) is 1.42. The molecule has 32 heavy (non-hydrogen) atoms. The molecule has 1 aromatic heterocycles. The van der Waals surface area contributed by atoms with Gasteiger partial charge in [-0.05, 0) is 36.1 Å². The van der Waals surface area contributed by atoms with E-state index in [9.17, 15) is 23.6 Å². The van der Waals surface area contributed by atoms with Crippen LogP contribution in [0.4, 0.5) is 9.18 Å². The van der Waals surface area contributed by atoms with Crippen LogP contribution in [-0.2, 0) is 22.7 Å². The van der Waals surface area contributed by atoms with E-state index in [0.29, 0.717) is 25.2 Å². The number of urea groups is 1. The second kappa shape index (κ2) is 7.89. The Balaban J connectivity index is 1.25. The van der Waals surface area contributed by atoms with E-state index in [0.717, 1.165) is 17.0 Å². The Hall–Kier alpha value is -3.49. The zero-order valence-electron chi connectivity index (χ0n) is 17.4. The van der Waals surface area contributed by atoms with Gasteiger partial charge in [-0.15, -0.1) is 0 Å². The van der Waals surface area contributed by atoms with Crippen molar-refractivity contribution in [1.82, 2.24) is 19.7 Å². The van der Waals surface area contributed by atoms with Crippen LogP contribution in [-0.4, -0.2) is 51.3 Å². The number of nitrogens with zero attached hydrogens (tertiary/aromatic N) is 3. The van der Waals surface area contributed by atoms with Crippen molar-refractivity contribution in [2.45, 2.75) is 37.9 Å². The summed E-state index contributed by atoms with van der Waals surface area (Å²) in [5.74, 6) is -0.859. The average Bonchev–Trinajstić information content (AvgIpc) is 3.02. The third kappa shape index (κ3) is 3.68. The molecule has 2 bridgehead atoms. The molecule has 8 nitrogen and oxygen atoms in total. The van der Waals surface area contributed by atoms with Crippen LogP contribution in [0.5, 0.6) is 0 Å². The molecular weight excluding hydrogens is 415 g/mol. The van der Waals surface area contributed by atoms with Crippen molar-refractivity contribution in [3.05, 3.63) is 69.9 Å². The third-order valence-electron chi connectivity index (χ3n) is 6.55. The van der Waals surface area contributed by atoms with Crippen molar-refractivity contribution >= 4 is 17.8 Å². The smallest absolute Gasteiger partial charge is 0.325 e. The third-order valence-corrected chi connectivity index (χ3v) is 6.55. The first-order valence-electron chi connectivity index (χ1n) is 10.7. The number of rotatable bonds is 4. The molecule has 4 amide bonds. The number of nitrogens with one attached hydrogen (secondary N) is 1. The van der Waals surface area contributed by atoms with Gasteiger partial charge in [0, 0.05) is 37.3 Å². The quantitative estimate of drug-likeness (QED) is 0.732. The van der Waals surface area contributed by atoms with Crippen LogP contribution in [0, 0.1) is 11.7 Å². The zero-order valence-corrected chi connectivity index (χ0v) is 17.4. The lowest BCUT2D eigenvalue weighted by Gasteiger charge is -2.43. The molecule has 0 radical (unpaired) electrons. The Kier molecular flexibility index (Phi) is 5.03. The number of piperidine rings is 1. The Morgan fingerprint density at radius 1 is 1.06 bits per heavy atom. The summed E-state index contributed by atoms with van der Waals surface area (Å²) >= 11 is 0. The summed E-state index contributed by atoms with van der Waals surface area (Å²) in [7, 11) is 0. The Morgan fingerprint density at radius 3 is 2.69 bits per heavy atom.